The number of aliphatic hydroxyl groups is 1. The molecule has 3 N–H and O–H groups in total. The van der Waals surface area contributed by atoms with Crippen LogP contribution in [0.5, 0.6) is 0 Å². The number of carbonyl (C=O) groups is 2. The largest absolute Gasteiger partial charge is 0.395 e. The van der Waals surface area contributed by atoms with Crippen molar-refractivity contribution in [3.63, 3.8) is 0 Å². The quantitative estimate of drug-likeness (QED) is 0.381. The smallest absolute Gasteiger partial charge is 0.261 e. The van der Waals surface area contributed by atoms with Gasteiger partial charge >= 0.3 is 0 Å². The first-order valence-electron chi connectivity index (χ1n) is 8.73. The molecule has 1 aromatic rings. The van der Waals surface area contributed by atoms with Crippen LogP contribution >= 0.6 is 11.6 Å². The first-order chi connectivity index (χ1) is 12.6. The summed E-state index contributed by atoms with van der Waals surface area (Å²) in [7, 11) is 0. The van der Waals surface area contributed by atoms with Crippen molar-refractivity contribution in [3.05, 3.63) is 40.6 Å². The zero-order chi connectivity index (χ0) is 18.5. The van der Waals surface area contributed by atoms with E-state index in [2.05, 4.69) is 20.4 Å². The van der Waals surface area contributed by atoms with Gasteiger partial charge in [-0.1, -0.05) is 11.6 Å². The van der Waals surface area contributed by atoms with Crippen LogP contribution < -0.4 is 10.6 Å². The lowest BCUT2D eigenvalue weighted by molar-refractivity contribution is -0.112. The lowest BCUT2D eigenvalue weighted by atomic mass is 9.97. The summed E-state index contributed by atoms with van der Waals surface area (Å²) in [6, 6.07) is 4.84. The lowest BCUT2D eigenvalue weighted by Crippen LogP contribution is -2.48. The molecule has 1 saturated heterocycles. The molecule has 2 aliphatic rings. The zero-order valence-corrected chi connectivity index (χ0v) is 15.3. The summed E-state index contributed by atoms with van der Waals surface area (Å²) in [6.45, 7) is 6.18. The van der Waals surface area contributed by atoms with E-state index in [4.69, 9.17) is 16.7 Å². The van der Waals surface area contributed by atoms with E-state index in [-0.39, 0.29) is 18.0 Å². The summed E-state index contributed by atoms with van der Waals surface area (Å²) in [5.74, 6) is -0.730. The van der Waals surface area contributed by atoms with Gasteiger partial charge in [0, 0.05) is 62.6 Å². The molecule has 140 valence electrons. The maximum Gasteiger partial charge on any atom is 0.261 e. The number of ketones is 1. The number of nitrogens with one attached hydrogen (secondary N) is 2. The molecule has 1 fully saturated rings. The fourth-order valence-electron chi connectivity index (χ4n) is 3.16. The van der Waals surface area contributed by atoms with E-state index in [0.717, 1.165) is 39.3 Å². The highest BCUT2D eigenvalue weighted by Gasteiger charge is 2.28. The van der Waals surface area contributed by atoms with Gasteiger partial charge in [0.1, 0.15) is 5.57 Å². The minimum atomic E-state index is -0.407. The number of rotatable bonds is 6. The number of anilines is 1. The van der Waals surface area contributed by atoms with E-state index >= 15 is 0 Å². The van der Waals surface area contributed by atoms with Crippen molar-refractivity contribution in [2.24, 2.45) is 0 Å². The predicted molar refractivity (Wildman–Crippen MR) is 100 cm³/mol. The number of fused-ring (bicyclic) bond motifs is 1. The summed E-state index contributed by atoms with van der Waals surface area (Å²) >= 11 is 5.95. The summed E-state index contributed by atoms with van der Waals surface area (Å²) in [4.78, 5) is 29.2. The van der Waals surface area contributed by atoms with Gasteiger partial charge in [0.15, 0.2) is 0 Å². The van der Waals surface area contributed by atoms with Crippen LogP contribution in [0.25, 0.3) is 0 Å². The Morgan fingerprint density at radius 3 is 2.54 bits per heavy atom. The van der Waals surface area contributed by atoms with Gasteiger partial charge in [-0.3, -0.25) is 19.4 Å². The molecular weight excluding hydrogens is 356 g/mol. The van der Waals surface area contributed by atoms with Gasteiger partial charge in [-0.2, -0.15) is 0 Å². The molecule has 0 spiro atoms. The first-order valence-corrected chi connectivity index (χ1v) is 9.11. The second kappa shape index (κ2) is 8.64. The van der Waals surface area contributed by atoms with Crippen LogP contribution in [0.2, 0.25) is 5.02 Å². The predicted octanol–water partition coefficient (Wildman–Crippen LogP) is 0.558. The van der Waals surface area contributed by atoms with Crippen LogP contribution in [0.15, 0.2) is 30.0 Å². The van der Waals surface area contributed by atoms with Gasteiger partial charge in [-0.25, -0.2) is 0 Å². The number of β-amino-alcohol motifs (C(OH)–C–C–N with tert-alkyl or cyclic N) is 1. The van der Waals surface area contributed by atoms with Crippen molar-refractivity contribution in [3.8, 4) is 0 Å². The molecule has 2 aliphatic heterocycles. The van der Waals surface area contributed by atoms with Crippen LogP contribution in [0.3, 0.4) is 0 Å². The molecule has 1 amide bonds. The standard InChI is InChI=1S/C18H23ClN4O3/c19-13-1-2-16-14(11-13)17(25)15(18(26)21-16)12-20-3-4-22-5-7-23(8-6-22)9-10-24/h1-2,11-12,20,24H,3-10H2,(H,21,26)/b15-12-. The molecule has 2 heterocycles. The number of halogens is 1. The van der Waals surface area contributed by atoms with Gasteiger partial charge in [0.25, 0.3) is 5.91 Å². The number of aliphatic hydroxyl groups excluding tert-OH is 1. The number of hydrogen-bond donors (Lipinski definition) is 3. The van der Waals surface area contributed by atoms with Gasteiger partial charge < -0.3 is 15.7 Å². The Balaban J connectivity index is 1.51. The summed E-state index contributed by atoms with van der Waals surface area (Å²) in [5, 5.41) is 15.2. The summed E-state index contributed by atoms with van der Waals surface area (Å²) in [6.07, 6.45) is 1.49. The third kappa shape index (κ3) is 4.42. The third-order valence-electron chi connectivity index (χ3n) is 4.66. The molecule has 0 unspecified atom stereocenters. The first kappa shape index (κ1) is 18.8. The molecule has 7 nitrogen and oxygen atoms in total. The van der Waals surface area contributed by atoms with E-state index in [9.17, 15) is 9.59 Å². The van der Waals surface area contributed by atoms with E-state index < -0.39 is 5.91 Å². The second-order valence-corrected chi connectivity index (χ2v) is 6.83. The normalized spacial score (nSPS) is 20.2. The van der Waals surface area contributed by atoms with Crippen molar-refractivity contribution < 1.29 is 14.7 Å². The van der Waals surface area contributed by atoms with Crippen LogP contribution in [0.4, 0.5) is 5.69 Å². The molecule has 0 radical (unpaired) electrons. The van der Waals surface area contributed by atoms with E-state index in [1.807, 2.05) is 0 Å². The summed E-state index contributed by atoms with van der Waals surface area (Å²) in [5.41, 5.74) is 0.986. The Hall–Kier alpha value is -1.93. The molecular formula is C18H23ClN4O3. The van der Waals surface area contributed by atoms with Crippen LogP contribution in [0, 0.1) is 0 Å². The monoisotopic (exact) mass is 378 g/mol. The van der Waals surface area contributed by atoms with Crippen molar-refractivity contribution in [2.45, 2.75) is 0 Å². The molecule has 0 bridgehead atoms. The number of carbonyl (C=O) groups excluding carboxylic acids is 2. The molecule has 0 aliphatic carbocycles. The molecule has 8 heteroatoms. The maximum atomic E-state index is 12.5. The maximum absolute atomic E-state index is 12.5. The highest BCUT2D eigenvalue weighted by atomic mass is 35.5. The molecule has 0 atom stereocenters. The van der Waals surface area contributed by atoms with Gasteiger partial charge in [0.2, 0.25) is 5.78 Å². The molecule has 0 aromatic heterocycles. The van der Waals surface area contributed by atoms with Crippen LogP contribution in [-0.2, 0) is 4.79 Å². The van der Waals surface area contributed by atoms with Gasteiger partial charge in [0.05, 0.1) is 12.3 Å². The Morgan fingerprint density at radius 1 is 1.15 bits per heavy atom. The number of piperazine rings is 1. The molecule has 26 heavy (non-hydrogen) atoms. The Labute approximate surface area is 157 Å². The number of Topliss-reactive ketones (excluding diaryl/α,β-unsaturated/α-hetero) is 1. The van der Waals surface area contributed by atoms with Crippen LogP contribution in [-0.4, -0.2) is 79.0 Å². The Kier molecular flexibility index (Phi) is 6.26. The average Bonchev–Trinajstić information content (AvgIpc) is 2.63. The Morgan fingerprint density at radius 2 is 1.85 bits per heavy atom. The Bertz CT molecular complexity index is 714. The fraction of sp³-hybridized carbons (Fsp3) is 0.444. The fourth-order valence-corrected chi connectivity index (χ4v) is 3.33. The molecule has 3 rings (SSSR count). The summed E-state index contributed by atoms with van der Waals surface area (Å²) < 4.78 is 0. The highest BCUT2D eigenvalue weighted by Crippen LogP contribution is 2.27. The number of hydrogen-bond acceptors (Lipinski definition) is 6. The molecule has 0 saturated carbocycles. The van der Waals surface area contributed by atoms with E-state index in [1.165, 1.54) is 6.20 Å². The average molecular weight is 379 g/mol. The van der Waals surface area contributed by atoms with Crippen molar-refractivity contribution >= 4 is 29.0 Å². The van der Waals surface area contributed by atoms with E-state index in [1.54, 1.807) is 18.2 Å². The van der Waals surface area contributed by atoms with Crippen molar-refractivity contribution in [1.82, 2.24) is 15.1 Å². The molecule has 1 aromatic carbocycles. The second-order valence-electron chi connectivity index (χ2n) is 6.39. The number of amides is 1. The lowest BCUT2D eigenvalue weighted by Gasteiger charge is -2.34. The topological polar surface area (TPSA) is 84.9 Å². The third-order valence-corrected chi connectivity index (χ3v) is 4.90. The van der Waals surface area contributed by atoms with Crippen molar-refractivity contribution in [1.29, 1.82) is 0 Å². The number of benzene rings is 1. The van der Waals surface area contributed by atoms with Gasteiger partial charge in [-0.05, 0) is 18.2 Å². The highest BCUT2D eigenvalue weighted by molar-refractivity contribution is 6.36. The minimum Gasteiger partial charge on any atom is -0.395 e. The van der Waals surface area contributed by atoms with E-state index in [0.29, 0.717) is 22.8 Å². The number of nitrogens with zero attached hydrogens (tertiary/aromatic N) is 2. The van der Waals surface area contributed by atoms with Crippen molar-refractivity contribution in [2.75, 3.05) is 57.7 Å². The zero-order valence-electron chi connectivity index (χ0n) is 14.5. The SMILES string of the molecule is O=C1Nc2ccc(Cl)cc2C(=O)/C1=C/NCCN1CCN(CCO)CC1. The van der Waals surface area contributed by atoms with Crippen LogP contribution in [0.1, 0.15) is 10.4 Å². The minimum absolute atomic E-state index is 0.0903. The van der Waals surface area contributed by atoms with Gasteiger partial charge in [-0.15, -0.1) is 0 Å².